The number of carbonyl (C=O) groups is 1. The van der Waals surface area contributed by atoms with Crippen LogP contribution in [0, 0.1) is 11.6 Å². The molecule has 0 bridgehead atoms. The van der Waals surface area contributed by atoms with E-state index in [9.17, 15) is 13.6 Å². The highest BCUT2D eigenvalue weighted by molar-refractivity contribution is 7.99. The molecule has 6 nitrogen and oxygen atoms in total. The molecular weight excluding hydrogens is 398 g/mol. The summed E-state index contributed by atoms with van der Waals surface area (Å²) in [4.78, 5) is 12.0. The van der Waals surface area contributed by atoms with Crippen LogP contribution in [0.15, 0.2) is 47.6 Å². The van der Waals surface area contributed by atoms with Gasteiger partial charge < -0.3 is 14.6 Å². The summed E-state index contributed by atoms with van der Waals surface area (Å²) in [6.07, 6.45) is 0.964. The molecule has 9 heteroatoms. The zero-order valence-corrected chi connectivity index (χ0v) is 16.8. The van der Waals surface area contributed by atoms with E-state index >= 15 is 0 Å². The minimum Gasteiger partial charge on any atom is -0.486 e. The number of amides is 1. The second-order valence-corrected chi connectivity index (χ2v) is 7.15. The van der Waals surface area contributed by atoms with E-state index in [1.165, 1.54) is 11.6 Å². The van der Waals surface area contributed by atoms with Crippen molar-refractivity contribution in [1.82, 2.24) is 14.8 Å². The van der Waals surface area contributed by atoms with Gasteiger partial charge in [0.2, 0.25) is 5.91 Å². The van der Waals surface area contributed by atoms with Crippen LogP contribution in [-0.2, 0) is 24.9 Å². The van der Waals surface area contributed by atoms with Gasteiger partial charge in [0.25, 0.3) is 0 Å². The van der Waals surface area contributed by atoms with Crippen molar-refractivity contribution in [2.24, 2.45) is 7.05 Å². The van der Waals surface area contributed by atoms with Gasteiger partial charge in [-0.1, -0.05) is 30.8 Å². The predicted octanol–water partition coefficient (Wildman–Crippen LogP) is 3.97. The molecule has 152 valence electrons. The number of hydrogen-bond donors (Lipinski definition) is 1. The number of carbonyl (C=O) groups excluding carboxylic acids is 1. The Kier molecular flexibility index (Phi) is 6.82. The average Bonchev–Trinajstić information content (AvgIpc) is 3.07. The average molecular weight is 418 g/mol. The van der Waals surface area contributed by atoms with Crippen molar-refractivity contribution in [2.45, 2.75) is 25.1 Å². The van der Waals surface area contributed by atoms with Crippen LogP contribution in [0.3, 0.4) is 0 Å². The van der Waals surface area contributed by atoms with Crippen LogP contribution in [0.25, 0.3) is 0 Å². The highest BCUT2D eigenvalue weighted by Gasteiger charge is 2.13. The number of benzene rings is 2. The van der Waals surface area contributed by atoms with Gasteiger partial charge in [-0.05, 0) is 36.2 Å². The molecule has 0 saturated heterocycles. The highest BCUT2D eigenvalue weighted by Crippen LogP contribution is 2.19. The molecule has 0 saturated carbocycles. The second kappa shape index (κ2) is 9.51. The first-order chi connectivity index (χ1) is 14.0. The van der Waals surface area contributed by atoms with Gasteiger partial charge >= 0.3 is 0 Å². The molecular formula is C20H20F2N4O2S. The quantitative estimate of drug-likeness (QED) is 0.561. The first-order valence-corrected chi connectivity index (χ1v) is 9.92. The van der Waals surface area contributed by atoms with Gasteiger partial charge in [-0.3, -0.25) is 4.79 Å². The van der Waals surface area contributed by atoms with Gasteiger partial charge in [-0.2, -0.15) is 0 Å². The van der Waals surface area contributed by atoms with Crippen molar-refractivity contribution >= 4 is 23.4 Å². The molecule has 0 radical (unpaired) electrons. The predicted molar refractivity (Wildman–Crippen MR) is 107 cm³/mol. The zero-order valence-electron chi connectivity index (χ0n) is 16.0. The molecule has 29 heavy (non-hydrogen) atoms. The van der Waals surface area contributed by atoms with E-state index in [0.717, 1.165) is 30.0 Å². The molecule has 0 spiro atoms. The number of hydrogen-bond acceptors (Lipinski definition) is 5. The summed E-state index contributed by atoms with van der Waals surface area (Å²) < 4.78 is 34.0. The molecule has 0 aliphatic rings. The standard InChI is InChI=1S/C20H20F2N4O2S/c1-3-13-4-7-15(8-5-13)28-11-18-24-25-20(26(18)2)29-12-19(27)23-17-9-6-14(21)10-16(17)22/h4-10H,3,11-12H2,1-2H3,(H,23,27). The molecule has 1 aromatic heterocycles. The number of nitrogens with one attached hydrogen (secondary N) is 1. The Morgan fingerprint density at radius 2 is 1.93 bits per heavy atom. The second-order valence-electron chi connectivity index (χ2n) is 6.21. The minimum atomic E-state index is -0.826. The van der Waals surface area contributed by atoms with Gasteiger partial charge in [0, 0.05) is 13.1 Å². The summed E-state index contributed by atoms with van der Waals surface area (Å²) in [7, 11) is 1.78. The van der Waals surface area contributed by atoms with E-state index in [2.05, 4.69) is 22.4 Å². The summed E-state index contributed by atoms with van der Waals surface area (Å²) in [6.45, 7) is 2.33. The third-order valence-electron chi connectivity index (χ3n) is 4.16. The Labute approximate surface area is 171 Å². The minimum absolute atomic E-state index is 0.00211. The van der Waals surface area contributed by atoms with Crippen molar-refractivity contribution in [3.63, 3.8) is 0 Å². The third-order valence-corrected chi connectivity index (χ3v) is 5.18. The number of ether oxygens (including phenoxy) is 1. The maximum Gasteiger partial charge on any atom is 0.234 e. The molecule has 1 heterocycles. The lowest BCUT2D eigenvalue weighted by Crippen LogP contribution is -2.15. The third kappa shape index (κ3) is 5.54. The molecule has 3 rings (SSSR count). The lowest BCUT2D eigenvalue weighted by atomic mass is 10.2. The molecule has 0 unspecified atom stereocenters. The molecule has 3 aromatic rings. The van der Waals surface area contributed by atoms with E-state index in [1.807, 2.05) is 24.3 Å². The summed E-state index contributed by atoms with van der Waals surface area (Å²) in [5.74, 6) is -0.616. The Morgan fingerprint density at radius 1 is 1.17 bits per heavy atom. The van der Waals surface area contributed by atoms with Crippen molar-refractivity contribution in [3.8, 4) is 5.75 Å². The fourth-order valence-corrected chi connectivity index (χ4v) is 3.20. The SMILES string of the molecule is CCc1ccc(OCc2nnc(SCC(=O)Nc3ccc(F)cc3F)n2C)cc1. The van der Waals surface area contributed by atoms with Crippen LogP contribution >= 0.6 is 11.8 Å². The van der Waals surface area contributed by atoms with E-state index in [-0.39, 0.29) is 18.0 Å². The van der Waals surface area contributed by atoms with Crippen LogP contribution < -0.4 is 10.1 Å². The van der Waals surface area contributed by atoms with Crippen molar-refractivity contribution in [3.05, 3.63) is 65.5 Å². The lowest BCUT2D eigenvalue weighted by molar-refractivity contribution is -0.113. The van der Waals surface area contributed by atoms with Crippen LogP contribution in [0.2, 0.25) is 0 Å². The Morgan fingerprint density at radius 3 is 2.62 bits per heavy atom. The van der Waals surface area contributed by atoms with Crippen LogP contribution in [0.5, 0.6) is 5.75 Å². The Bertz CT molecular complexity index is 993. The van der Waals surface area contributed by atoms with Gasteiger partial charge in [0.1, 0.15) is 24.0 Å². The number of nitrogens with zero attached hydrogens (tertiary/aromatic N) is 3. The van der Waals surface area contributed by atoms with Crippen molar-refractivity contribution in [2.75, 3.05) is 11.1 Å². The summed E-state index contributed by atoms with van der Waals surface area (Å²) >= 11 is 1.16. The fourth-order valence-electron chi connectivity index (χ4n) is 2.47. The zero-order chi connectivity index (χ0) is 20.8. The number of aromatic nitrogens is 3. The summed E-state index contributed by atoms with van der Waals surface area (Å²) in [5.41, 5.74) is 1.16. The molecule has 0 aliphatic heterocycles. The number of aryl methyl sites for hydroxylation is 1. The highest BCUT2D eigenvalue weighted by atomic mass is 32.2. The maximum atomic E-state index is 13.6. The van der Waals surface area contributed by atoms with Gasteiger partial charge in [-0.15, -0.1) is 10.2 Å². The summed E-state index contributed by atoms with van der Waals surface area (Å²) in [5, 5.41) is 11.1. The Hall–Kier alpha value is -2.94. The van der Waals surface area contributed by atoms with E-state index in [4.69, 9.17) is 4.74 Å². The van der Waals surface area contributed by atoms with Crippen LogP contribution in [0.4, 0.5) is 14.5 Å². The molecule has 0 atom stereocenters. The van der Waals surface area contributed by atoms with E-state index in [0.29, 0.717) is 17.0 Å². The normalized spacial score (nSPS) is 10.8. The lowest BCUT2D eigenvalue weighted by Gasteiger charge is -2.08. The number of thioether (sulfide) groups is 1. The topological polar surface area (TPSA) is 69.0 Å². The van der Waals surface area contributed by atoms with Crippen molar-refractivity contribution in [1.29, 1.82) is 0 Å². The first-order valence-electron chi connectivity index (χ1n) is 8.94. The van der Waals surface area contributed by atoms with Crippen LogP contribution in [0.1, 0.15) is 18.3 Å². The van der Waals surface area contributed by atoms with Gasteiger partial charge in [0.05, 0.1) is 11.4 Å². The summed E-state index contributed by atoms with van der Waals surface area (Å²) in [6, 6.07) is 10.8. The van der Waals surface area contributed by atoms with Crippen molar-refractivity contribution < 1.29 is 18.3 Å². The molecule has 1 amide bonds. The fraction of sp³-hybridized carbons (Fsp3) is 0.250. The van der Waals surface area contributed by atoms with E-state index in [1.54, 1.807) is 11.6 Å². The molecule has 0 aliphatic carbocycles. The maximum absolute atomic E-state index is 13.6. The van der Waals surface area contributed by atoms with Gasteiger partial charge in [-0.25, -0.2) is 8.78 Å². The monoisotopic (exact) mass is 418 g/mol. The van der Waals surface area contributed by atoms with Gasteiger partial charge in [0.15, 0.2) is 11.0 Å². The number of rotatable bonds is 8. The van der Waals surface area contributed by atoms with Crippen LogP contribution in [-0.4, -0.2) is 26.4 Å². The first kappa shape index (κ1) is 20.8. The van der Waals surface area contributed by atoms with E-state index < -0.39 is 17.5 Å². The Balaban J connectivity index is 1.52. The largest absolute Gasteiger partial charge is 0.486 e. The molecule has 0 fully saturated rings. The molecule has 2 aromatic carbocycles. The number of halogens is 2. The smallest absolute Gasteiger partial charge is 0.234 e. The number of anilines is 1. The molecule has 1 N–H and O–H groups in total.